The van der Waals surface area contributed by atoms with Crippen LogP contribution < -0.4 is 14.4 Å². The Morgan fingerprint density at radius 3 is 2.20 bits per heavy atom. The van der Waals surface area contributed by atoms with Crippen LogP contribution in [0.2, 0.25) is 0 Å². The third kappa shape index (κ3) is 10.3. The predicted octanol–water partition coefficient (Wildman–Crippen LogP) is 6.03. The number of nitrogens with zero attached hydrogens (tertiary/aromatic N) is 2. The van der Waals surface area contributed by atoms with E-state index < -0.39 is 16.1 Å². The minimum atomic E-state index is -3.60. The summed E-state index contributed by atoms with van der Waals surface area (Å²) in [6.45, 7) is 4.83. The van der Waals surface area contributed by atoms with Crippen molar-refractivity contribution in [1.82, 2.24) is 10.2 Å². The van der Waals surface area contributed by atoms with E-state index in [0.29, 0.717) is 30.9 Å². The first kappa shape index (κ1) is 34.0. The summed E-state index contributed by atoms with van der Waals surface area (Å²) >= 11 is 0. The summed E-state index contributed by atoms with van der Waals surface area (Å²) < 4.78 is 32.3. The quantitative estimate of drug-likeness (QED) is 0.221. The molecule has 0 saturated heterocycles. The van der Waals surface area contributed by atoms with Crippen LogP contribution in [0.15, 0.2) is 78.9 Å². The topological polar surface area (TPSA) is 96.0 Å². The Bertz CT molecular complexity index is 1470. The van der Waals surface area contributed by atoms with Gasteiger partial charge in [-0.1, -0.05) is 79.4 Å². The first-order valence-corrected chi connectivity index (χ1v) is 17.9. The third-order valence-corrected chi connectivity index (χ3v) is 9.48. The lowest BCUT2D eigenvalue weighted by Gasteiger charge is -2.34. The van der Waals surface area contributed by atoms with Gasteiger partial charge in [0.05, 0.1) is 18.6 Å². The number of hydrogen-bond acceptors (Lipinski definition) is 5. The molecule has 1 aliphatic rings. The average Bonchev–Trinajstić information content (AvgIpc) is 3.03. The van der Waals surface area contributed by atoms with Crippen LogP contribution in [0.1, 0.15) is 68.6 Å². The number of carbonyl (C=O) groups is 2. The summed E-state index contributed by atoms with van der Waals surface area (Å²) in [5.41, 5.74) is 3.53. The van der Waals surface area contributed by atoms with Crippen molar-refractivity contribution in [3.63, 3.8) is 0 Å². The normalized spacial score (nSPS) is 14.4. The van der Waals surface area contributed by atoms with E-state index >= 15 is 0 Å². The zero-order chi connectivity index (χ0) is 32.2. The largest absolute Gasteiger partial charge is 0.494 e. The Balaban J connectivity index is 1.56. The fourth-order valence-corrected chi connectivity index (χ4v) is 6.83. The standard InChI is InChI=1S/C36H47N3O5S/c1-4-44-33-23-21-32(22-24-33)39(45(3,42)43)25-11-16-35(40)38(27-30-19-17-28(2)18-20-30)34(26-29-12-7-5-8-13-29)36(41)37-31-14-9-6-10-15-31/h5,7-8,12-13,17-24,31,34H,4,6,9-11,14-16,25-27H2,1-3H3,(H,37,41)/t34-/m1/s1. The molecule has 3 aromatic carbocycles. The number of carbonyl (C=O) groups excluding carboxylic acids is 2. The monoisotopic (exact) mass is 633 g/mol. The molecule has 2 amide bonds. The fourth-order valence-electron chi connectivity index (χ4n) is 5.87. The van der Waals surface area contributed by atoms with E-state index in [2.05, 4.69) is 5.32 Å². The lowest BCUT2D eigenvalue weighted by molar-refractivity contribution is -0.141. The Labute approximate surface area is 268 Å². The van der Waals surface area contributed by atoms with Gasteiger partial charge in [-0.15, -0.1) is 0 Å². The van der Waals surface area contributed by atoms with Crippen molar-refractivity contribution >= 4 is 27.5 Å². The van der Waals surface area contributed by atoms with Gasteiger partial charge in [0.25, 0.3) is 0 Å². The van der Waals surface area contributed by atoms with Crippen molar-refractivity contribution < 1.29 is 22.7 Å². The number of ether oxygens (including phenoxy) is 1. The van der Waals surface area contributed by atoms with Gasteiger partial charge in [0, 0.05) is 32.0 Å². The van der Waals surface area contributed by atoms with Gasteiger partial charge in [0.1, 0.15) is 11.8 Å². The molecule has 0 radical (unpaired) electrons. The number of amides is 2. The number of nitrogens with one attached hydrogen (secondary N) is 1. The average molecular weight is 634 g/mol. The van der Waals surface area contributed by atoms with E-state index in [0.717, 1.165) is 42.4 Å². The molecule has 8 nitrogen and oxygen atoms in total. The first-order valence-electron chi connectivity index (χ1n) is 16.0. The van der Waals surface area contributed by atoms with Gasteiger partial charge >= 0.3 is 0 Å². The third-order valence-electron chi connectivity index (χ3n) is 8.28. The molecule has 9 heteroatoms. The van der Waals surface area contributed by atoms with Gasteiger partial charge in [0.15, 0.2) is 0 Å². The number of rotatable bonds is 15. The maximum atomic E-state index is 14.1. The van der Waals surface area contributed by atoms with Crippen LogP contribution in [0.3, 0.4) is 0 Å². The zero-order valence-electron chi connectivity index (χ0n) is 26.8. The molecule has 3 aromatic rings. The molecule has 0 aliphatic heterocycles. The van der Waals surface area contributed by atoms with E-state index in [1.165, 1.54) is 17.0 Å². The lowest BCUT2D eigenvalue weighted by atomic mass is 9.94. The fraction of sp³-hybridized carbons (Fsp3) is 0.444. The number of sulfonamides is 1. The minimum Gasteiger partial charge on any atom is -0.494 e. The SMILES string of the molecule is CCOc1ccc(N(CCCC(=O)N(Cc2ccc(C)cc2)[C@H](Cc2ccccc2)C(=O)NC2CCCCC2)S(C)(=O)=O)cc1. The van der Waals surface area contributed by atoms with Crippen LogP contribution in [0, 0.1) is 6.92 Å². The highest BCUT2D eigenvalue weighted by atomic mass is 32.2. The minimum absolute atomic E-state index is 0.0942. The van der Waals surface area contributed by atoms with E-state index in [4.69, 9.17) is 4.74 Å². The number of hydrogen-bond donors (Lipinski definition) is 1. The number of aryl methyl sites for hydroxylation is 1. The summed E-state index contributed by atoms with van der Waals surface area (Å²) in [5, 5.41) is 3.27. The van der Waals surface area contributed by atoms with Gasteiger partial charge in [-0.3, -0.25) is 13.9 Å². The van der Waals surface area contributed by atoms with Crippen LogP contribution in [-0.2, 0) is 32.6 Å². The second-order valence-electron chi connectivity index (χ2n) is 11.9. The molecule has 0 unspecified atom stereocenters. The van der Waals surface area contributed by atoms with Crippen LogP contribution in [0.4, 0.5) is 5.69 Å². The Morgan fingerprint density at radius 2 is 1.58 bits per heavy atom. The first-order chi connectivity index (χ1) is 21.6. The highest BCUT2D eigenvalue weighted by molar-refractivity contribution is 7.92. The molecule has 45 heavy (non-hydrogen) atoms. The highest BCUT2D eigenvalue weighted by Gasteiger charge is 2.32. The van der Waals surface area contributed by atoms with Crippen LogP contribution in [0.5, 0.6) is 5.75 Å². The molecule has 1 fully saturated rings. The maximum absolute atomic E-state index is 14.1. The van der Waals surface area contributed by atoms with Crippen molar-refractivity contribution in [2.75, 3.05) is 23.7 Å². The van der Waals surface area contributed by atoms with E-state index in [9.17, 15) is 18.0 Å². The number of benzene rings is 3. The molecule has 0 bridgehead atoms. The highest BCUT2D eigenvalue weighted by Crippen LogP contribution is 2.24. The summed E-state index contributed by atoms with van der Waals surface area (Å²) in [7, 11) is -3.60. The van der Waals surface area contributed by atoms with Crippen molar-refractivity contribution in [3.05, 3.63) is 95.6 Å². The second-order valence-corrected chi connectivity index (χ2v) is 13.8. The summed E-state index contributed by atoms with van der Waals surface area (Å²) in [4.78, 5) is 29.8. The van der Waals surface area contributed by atoms with Gasteiger partial charge < -0.3 is 15.0 Å². The predicted molar refractivity (Wildman–Crippen MR) is 180 cm³/mol. The summed E-state index contributed by atoms with van der Waals surface area (Å²) in [5.74, 6) is 0.335. The van der Waals surface area contributed by atoms with E-state index in [-0.39, 0.29) is 37.4 Å². The Hall–Kier alpha value is -3.85. The molecule has 0 spiro atoms. The molecule has 1 atom stereocenters. The van der Waals surface area contributed by atoms with E-state index in [1.807, 2.05) is 68.4 Å². The van der Waals surface area contributed by atoms with Crippen molar-refractivity contribution in [2.45, 2.75) is 83.8 Å². The molecule has 1 N–H and O–H groups in total. The molecular formula is C36H47N3O5S. The van der Waals surface area contributed by atoms with Gasteiger partial charge in [-0.25, -0.2) is 8.42 Å². The van der Waals surface area contributed by atoms with Crippen LogP contribution in [-0.4, -0.2) is 56.6 Å². The molecule has 242 valence electrons. The summed E-state index contributed by atoms with van der Waals surface area (Å²) in [6.07, 6.45) is 7.20. The molecule has 0 heterocycles. The maximum Gasteiger partial charge on any atom is 0.243 e. The summed E-state index contributed by atoms with van der Waals surface area (Å²) in [6, 6.07) is 24.1. The zero-order valence-corrected chi connectivity index (χ0v) is 27.6. The molecule has 0 aromatic heterocycles. The molecule has 4 rings (SSSR count). The van der Waals surface area contributed by atoms with Gasteiger partial charge in [-0.05, 0) is 68.5 Å². The lowest BCUT2D eigenvalue weighted by Crippen LogP contribution is -2.52. The van der Waals surface area contributed by atoms with Crippen LogP contribution >= 0.6 is 0 Å². The Kier molecular flexibility index (Phi) is 12.4. The van der Waals surface area contributed by atoms with Gasteiger partial charge in [-0.2, -0.15) is 0 Å². The molecule has 1 saturated carbocycles. The van der Waals surface area contributed by atoms with Crippen molar-refractivity contribution in [3.8, 4) is 5.75 Å². The van der Waals surface area contributed by atoms with Crippen molar-refractivity contribution in [2.24, 2.45) is 0 Å². The van der Waals surface area contributed by atoms with Crippen molar-refractivity contribution in [1.29, 1.82) is 0 Å². The van der Waals surface area contributed by atoms with E-state index in [1.54, 1.807) is 29.2 Å². The smallest absolute Gasteiger partial charge is 0.243 e. The number of anilines is 1. The molecular weight excluding hydrogens is 586 g/mol. The van der Waals surface area contributed by atoms with Crippen LogP contribution in [0.25, 0.3) is 0 Å². The molecule has 1 aliphatic carbocycles. The Morgan fingerprint density at radius 1 is 0.911 bits per heavy atom. The van der Waals surface area contributed by atoms with Gasteiger partial charge in [0.2, 0.25) is 21.8 Å². The second kappa shape index (κ2) is 16.5.